The molecule has 0 unspecified atom stereocenters. The van der Waals surface area contributed by atoms with Crippen LogP contribution in [0.4, 0.5) is 11.6 Å². The highest BCUT2D eigenvalue weighted by Crippen LogP contribution is 2.42. The number of phenolic OH excluding ortho intramolecular Hbond substituents is 1. The van der Waals surface area contributed by atoms with Gasteiger partial charge in [0, 0.05) is 35.3 Å². The molecule has 3 heterocycles. The number of nitrogens with zero attached hydrogens (tertiary/aromatic N) is 2. The number of hydrogen-bond donors (Lipinski definition) is 3. The van der Waals surface area contributed by atoms with Gasteiger partial charge in [0.25, 0.3) is 5.91 Å². The van der Waals surface area contributed by atoms with Gasteiger partial charge in [-0.1, -0.05) is 23.2 Å². The summed E-state index contributed by atoms with van der Waals surface area (Å²) in [6.07, 6.45) is 2.91. The smallest absolute Gasteiger partial charge is 0.260 e. The summed E-state index contributed by atoms with van der Waals surface area (Å²) in [6, 6.07) is 6.11. The molecule has 0 aliphatic heterocycles. The minimum atomic E-state index is -0.441. The minimum Gasteiger partial charge on any atom is -0.504 e. The average Bonchev–Trinajstić information content (AvgIpc) is 3.16. The van der Waals surface area contributed by atoms with E-state index in [1.54, 1.807) is 12.1 Å². The molecule has 0 aliphatic carbocycles. The van der Waals surface area contributed by atoms with Crippen molar-refractivity contribution in [3.63, 3.8) is 0 Å². The summed E-state index contributed by atoms with van der Waals surface area (Å²) in [4.78, 5) is 20.7. The van der Waals surface area contributed by atoms with Crippen molar-refractivity contribution >= 4 is 51.9 Å². The lowest BCUT2D eigenvalue weighted by Gasteiger charge is -2.08. The molecule has 4 N–H and O–H groups in total. The molecule has 4 aromatic rings. The quantitative estimate of drug-likeness (QED) is 0.485. The summed E-state index contributed by atoms with van der Waals surface area (Å²) in [7, 11) is 0. The molecule has 130 valence electrons. The first-order chi connectivity index (χ1) is 12.4. The Kier molecular flexibility index (Phi) is 3.82. The van der Waals surface area contributed by atoms with Crippen molar-refractivity contribution in [1.82, 2.24) is 9.97 Å². The van der Waals surface area contributed by atoms with Crippen LogP contribution in [0.25, 0.3) is 22.3 Å². The highest BCUT2D eigenvalue weighted by molar-refractivity contribution is 6.42. The van der Waals surface area contributed by atoms with Gasteiger partial charge in [-0.15, -0.1) is 0 Å². The Morgan fingerprint density at radius 2 is 1.88 bits per heavy atom. The van der Waals surface area contributed by atoms with Gasteiger partial charge in [-0.05, 0) is 18.2 Å². The molecule has 3 aromatic heterocycles. The molecule has 7 nitrogen and oxygen atoms in total. The first-order valence-corrected chi connectivity index (χ1v) is 8.11. The Morgan fingerprint density at radius 1 is 1.15 bits per heavy atom. The molecule has 0 saturated carbocycles. The second-order valence-corrected chi connectivity index (χ2v) is 6.30. The average molecular weight is 389 g/mol. The number of benzene rings is 2. The third kappa shape index (κ3) is 2.67. The number of fused-ring (bicyclic) bond motifs is 2. The monoisotopic (exact) mass is 388 g/mol. The Labute approximate surface area is 156 Å². The van der Waals surface area contributed by atoms with Crippen LogP contribution in [0.1, 0.15) is 10.4 Å². The van der Waals surface area contributed by atoms with Crippen molar-refractivity contribution in [2.24, 2.45) is 0 Å². The highest BCUT2D eigenvalue weighted by Gasteiger charge is 2.27. The minimum absolute atomic E-state index is 0.0714. The number of carbonyl (C=O) groups is 1. The zero-order chi connectivity index (χ0) is 18.4. The fourth-order valence-corrected chi connectivity index (χ4v) is 2.95. The van der Waals surface area contributed by atoms with E-state index in [1.165, 1.54) is 24.5 Å². The maximum absolute atomic E-state index is 12.8. The number of carbonyl (C=O) groups excluding carboxylic acids is 1. The Bertz CT molecular complexity index is 1130. The van der Waals surface area contributed by atoms with E-state index in [2.05, 4.69) is 15.3 Å². The molecule has 9 heteroatoms. The summed E-state index contributed by atoms with van der Waals surface area (Å²) >= 11 is 11.9. The van der Waals surface area contributed by atoms with E-state index in [4.69, 9.17) is 33.4 Å². The maximum Gasteiger partial charge on any atom is 0.260 e. The Morgan fingerprint density at radius 3 is 2.58 bits per heavy atom. The summed E-state index contributed by atoms with van der Waals surface area (Å²) < 4.78 is 5.52. The molecule has 0 fully saturated rings. The van der Waals surface area contributed by atoms with Crippen LogP contribution < -0.4 is 11.1 Å². The van der Waals surface area contributed by atoms with Crippen LogP contribution in [0.5, 0.6) is 5.75 Å². The molecule has 1 aromatic carbocycles. The second kappa shape index (κ2) is 6.05. The number of nitrogens with two attached hydrogens (primary N) is 1. The van der Waals surface area contributed by atoms with Crippen LogP contribution in [0.3, 0.4) is 0 Å². The first-order valence-electron chi connectivity index (χ1n) is 7.36. The Hall–Kier alpha value is -3.03. The lowest BCUT2D eigenvalue weighted by atomic mass is 10.0. The van der Waals surface area contributed by atoms with Crippen molar-refractivity contribution in [2.75, 3.05) is 11.1 Å². The molecule has 26 heavy (non-hydrogen) atoms. The number of nitrogens with one attached hydrogen (secondary N) is 1. The number of amides is 1. The van der Waals surface area contributed by atoms with E-state index in [0.717, 1.165) is 0 Å². The molecule has 0 saturated heterocycles. The Balaban J connectivity index is 1.78. The topological polar surface area (TPSA) is 114 Å². The number of aromatic nitrogens is 2. The maximum atomic E-state index is 12.8. The van der Waals surface area contributed by atoms with Gasteiger partial charge in [0.05, 0.1) is 15.6 Å². The number of aromatic hydroxyl groups is 1. The number of rotatable bonds is 3. The summed E-state index contributed by atoms with van der Waals surface area (Å²) in [6.45, 7) is 0. The van der Waals surface area contributed by atoms with Crippen LogP contribution in [0.2, 0.25) is 10.0 Å². The van der Waals surface area contributed by atoms with Gasteiger partial charge in [-0.2, -0.15) is 0 Å². The van der Waals surface area contributed by atoms with Gasteiger partial charge in [-0.3, -0.25) is 4.79 Å². The van der Waals surface area contributed by atoms with E-state index in [0.29, 0.717) is 26.9 Å². The van der Waals surface area contributed by atoms with Crippen molar-refractivity contribution in [1.29, 1.82) is 0 Å². The molecular formula is C17H10Cl2N4O3. The van der Waals surface area contributed by atoms with Gasteiger partial charge in [0.1, 0.15) is 5.58 Å². The van der Waals surface area contributed by atoms with Crippen LogP contribution in [-0.2, 0) is 0 Å². The predicted octanol–water partition coefficient (Wildman–Crippen LogP) is 4.17. The van der Waals surface area contributed by atoms with Crippen LogP contribution in [0.15, 0.2) is 41.1 Å². The predicted molar refractivity (Wildman–Crippen MR) is 98.9 cm³/mol. The molecule has 0 radical (unpaired) electrons. The van der Waals surface area contributed by atoms with E-state index in [-0.39, 0.29) is 28.4 Å². The number of phenols is 1. The number of halogens is 2. The van der Waals surface area contributed by atoms with Gasteiger partial charge in [0.15, 0.2) is 11.3 Å². The zero-order valence-electron chi connectivity index (χ0n) is 13.0. The van der Waals surface area contributed by atoms with Crippen molar-refractivity contribution in [3.8, 4) is 16.9 Å². The first kappa shape index (κ1) is 16.4. The normalized spacial score (nSPS) is 11.2. The van der Waals surface area contributed by atoms with Gasteiger partial charge in [0.2, 0.25) is 5.95 Å². The summed E-state index contributed by atoms with van der Waals surface area (Å²) in [5, 5.41) is 13.4. The van der Waals surface area contributed by atoms with Crippen molar-refractivity contribution in [2.45, 2.75) is 0 Å². The van der Waals surface area contributed by atoms with E-state index in [9.17, 15) is 9.90 Å². The highest BCUT2D eigenvalue weighted by atomic mass is 35.5. The number of nitrogen functional groups attached to an aromatic ring is 1. The fourth-order valence-electron chi connectivity index (χ4n) is 2.66. The number of furan rings is 2. The number of hydrogen-bond acceptors (Lipinski definition) is 6. The SMILES string of the molecule is Nc1ncc(-c2c(C(=O)Nc3ccc(Cl)c(Cl)c3)c3cc(O)c2o3)cn1. The molecule has 0 spiro atoms. The summed E-state index contributed by atoms with van der Waals surface area (Å²) in [5.41, 5.74) is 7.51. The third-order valence-electron chi connectivity index (χ3n) is 3.80. The van der Waals surface area contributed by atoms with Crippen LogP contribution in [0, 0.1) is 0 Å². The third-order valence-corrected chi connectivity index (χ3v) is 4.54. The standard InChI is InChI=1S/C17H10Cl2N4O3/c18-9-2-1-8(3-10(9)19)23-16(25)14-12-4-11(24)15(26-12)13(14)7-5-21-17(20)22-6-7/h1-6,24H,(H,23,25)(H2,20,21,22). The lowest BCUT2D eigenvalue weighted by Crippen LogP contribution is -2.13. The lowest BCUT2D eigenvalue weighted by molar-refractivity contribution is 0.102. The molecule has 0 aliphatic rings. The molecule has 4 rings (SSSR count). The molecule has 2 bridgehead atoms. The zero-order valence-corrected chi connectivity index (χ0v) is 14.5. The second-order valence-electron chi connectivity index (χ2n) is 5.49. The van der Waals surface area contributed by atoms with Crippen LogP contribution >= 0.6 is 23.2 Å². The van der Waals surface area contributed by atoms with E-state index < -0.39 is 5.91 Å². The molecule has 1 amide bonds. The molecule has 0 atom stereocenters. The van der Waals surface area contributed by atoms with Crippen LogP contribution in [-0.4, -0.2) is 21.0 Å². The van der Waals surface area contributed by atoms with E-state index in [1.807, 2.05) is 0 Å². The number of anilines is 2. The fraction of sp³-hybridized carbons (Fsp3) is 0. The van der Waals surface area contributed by atoms with Crippen molar-refractivity contribution < 1.29 is 14.3 Å². The van der Waals surface area contributed by atoms with Gasteiger partial charge >= 0.3 is 0 Å². The van der Waals surface area contributed by atoms with Crippen molar-refractivity contribution in [3.05, 3.63) is 52.3 Å². The van der Waals surface area contributed by atoms with E-state index >= 15 is 0 Å². The summed E-state index contributed by atoms with van der Waals surface area (Å²) in [5.74, 6) is -0.417. The molecular weight excluding hydrogens is 379 g/mol. The largest absolute Gasteiger partial charge is 0.504 e. The van der Waals surface area contributed by atoms with Gasteiger partial charge in [-0.25, -0.2) is 9.97 Å². The van der Waals surface area contributed by atoms with Gasteiger partial charge < -0.3 is 20.6 Å².